The average Bonchev–Trinajstić information content (AvgIpc) is 2.42. The molecule has 20 heavy (non-hydrogen) atoms. The summed E-state index contributed by atoms with van der Waals surface area (Å²) in [6, 6.07) is 1.42. The second-order valence-corrected chi connectivity index (χ2v) is 5.81. The number of pyridine rings is 1. The van der Waals surface area contributed by atoms with E-state index in [1.54, 1.807) is 0 Å². The van der Waals surface area contributed by atoms with Gasteiger partial charge in [-0.25, -0.2) is 13.8 Å². The molecule has 0 bridgehead atoms. The predicted octanol–water partition coefficient (Wildman–Crippen LogP) is 2.00. The molecule has 4 nitrogen and oxygen atoms in total. The van der Waals surface area contributed by atoms with E-state index in [0.29, 0.717) is 6.04 Å². The van der Waals surface area contributed by atoms with Gasteiger partial charge in [0.05, 0.1) is 0 Å². The number of nitrogens with zero attached hydrogens (tertiary/aromatic N) is 3. The molecule has 3 rings (SSSR count). The lowest BCUT2D eigenvalue weighted by atomic mass is 9.97. The molecule has 2 unspecified atom stereocenters. The Morgan fingerprint density at radius 3 is 2.85 bits per heavy atom. The second kappa shape index (κ2) is 5.16. The van der Waals surface area contributed by atoms with Crippen molar-refractivity contribution in [2.75, 3.05) is 30.3 Å². The van der Waals surface area contributed by atoms with Gasteiger partial charge in [-0.1, -0.05) is 6.42 Å². The molecule has 1 aromatic heterocycles. The lowest BCUT2D eigenvalue weighted by molar-refractivity contribution is 0.115. The molecule has 1 aromatic rings. The molecular weight excluding hydrogens is 262 g/mol. The van der Waals surface area contributed by atoms with Crippen LogP contribution in [0.1, 0.15) is 26.2 Å². The van der Waals surface area contributed by atoms with E-state index < -0.39 is 11.6 Å². The molecule has 2 N–H and O–H groups in total. The predicted molar refractivity (Wildman–Crippen MR) is 74.6 cm³/mol. The zero-order valence-corrected chi connectivity index (χ0v) is 11.6. The number of nitrogens with two attached hydrogens (primary N) is 1. The Labute approximate surface area is 117 Å². The molecule has 0 spiro atoms. The molecule has 0 radical (unpaired) electrons. The van der Waals surface area contributed by atoms with Crippen molar-refractivity contribution >= 4 is 11.6 Å². The van der Waals surface area contributed by atoms with Gasteiger partial charge in [0.1, 0.15) is 0 Å². The Kier molecular flexibility index (Phi) is 3.50. The SMILES string of the molecule is CC1CN2CCCCC2CN1c1nc(N)c(F)cc1F. The molecule has 0 amide bonds. The largest absolute Gasteiger partial charge is 0.381 e. The Morgan fingerprint density at radius 1 is 1.25 bits per heavy atom. The fourth-order valence-electron chi connectivity index (χ4n) is 3.32. The molecule has 2 atom stereocenters. The second-order valence-electron chi connectivity index (χ2n) is 5.81. The summed E-state index contributed by atoms with van der Waals surface area (Å²) in [7, 11) is 0. The van der Waals surface area contributed by atoms with Gasteiger partial charge in [-0.15, -0.1) is 0 Å². The lowest BCUT2D eigenvalue weighted by Gasteiger charge is -2.48. The van der Waals surface area contributed by atoms with Crippen molar-refractivity contribution in [3.63, 3.8) is 0 Å². The van der Waals surface area contributed by atoms with E-state index in [1.165, 1.54) is 12.8 Å². The Hall–Kier alpha value is -1.43. The van der Waals surface area contributed by atoms with E-state index in [-0.39, 0.29) is 17.7 Å². The molecule has 2 saturated heterocycles. The molecule has 0 saturated carbocycles. The topological polar surface area (TPSA) is 45.4 Å². The van der Waals surface area contributed by atoms with Crippen LogP contribution in [0.25, 0.3) is 0 Å². The van der Waals surface area contributed by atoms with Crippen molar-refractivity contribution in [2.45, 2.75) is 38.3 Å². The van der Waals surface area contributed by atoms with Crippen molar-refractivity contribution in [2.24, 2.45) is 0 Å². The number of rotatable bonds is 1. The van der Waals surface area contributed by atoms with E-state index in [1.807, 2.05) is 11.8 Å². The summed E-state index contributed by atoms with van der Waals surface area (Å²) >= 11 is 0. The summed E-state index contributed by atoms with van der Waals surface area (Å²) < 4.78 is 27.2. The number of anilines is 2. The Bertz CT molecular complexity index is 508. The zero-order chi connectivity index (χ0) is 14.3. The zero-order valence-electron chi connectivity index (χ0n) is 11.6. The fraction of sp³-hybridized carbons (Fsp3) is 0.643. The minimum Gasteiger partial charge on any atom is -0.381 e. The van der Waals surface area contributed by atoms with Crippen LogP contribution in [0.15, 0.2) is 6.07 Å². The van der Waals surface area contributed by atoms with Crippen LogP contribution in [0.4, 0.5) is 20.4 Å². The van der Waals surface area contributed by atoms with Gasteiger partial charge in [-0.2, -0.15) is 0 Å². The Balaban J connectivity index is 1.88. The van der Waals surface area contributed by atoms with Crippen LogP contribution >= 0.6 is 0 Å². The van der Waals surface area contributed by atoms with Gasteiger partial charge >= 0.3 is 0 Å². The third-order valence-corrected chi connectivity index (χ3v) is 4.40. The highest BCUT2D eigenvalue weighted by atomic mass is 19.1. The highest BCUT2D eigenvalue weighted by Crippen LogP contribution is 2.29. The lowest BCUT2D eigenvalue weighted by Crippen LogP contribution is -2.59. The number of hydrogen-bond acceptors (Lipinski definition) is 4. The third-order valence-electron chi connectivity index (χ3n) is 4.40. The first-order chi connectivity index (χ1) is 9.56. The van der Waals surface area contributed by atoms with Crippen molar-refractivity contribution < 1.29 is 8.78 Å². The normalized spacial score (nSPS) is 27.4. The summed E-state index contributed by atoms with van der Waals surface area (Å²) in [5, 5.41) is 0. The first kappa shape index (κ1) is 13.5. The maximum absolute atomic E-state index is 14.0. The van der Waals surface area contributed by atoms with Crippen LogP contribution in [0.2, 0.25) is 0 Å². The van der Waals surface area contributed by atoms with E-state index in [2.05, 4.69) is 9.88 Å². The van der Waals surface area contributed by atoms with Gasteiger partial charge in [0, 0.05) is 31.2 Å². The van der Waals surface area contributed by atoms with Crippen molar-refractivity contribution in [3.05, 3.63) is 17.7 Å². The number of piperidine rings is 1. The fourth-order valence-corrected chi connectivity index (χ4v) is 3.32. The number of hydrogen-bond donors (Lipinski definition) is 1. The van der Waals surface area contributed by atoms with Gasteiger partial charge in [0.25, 0.3) is 0 Å². The first-order valence-corrected chi connectivity index (χ1v) is 7.18. The van der Waals surface area contributed by atoms with Crippen molar-refractivity contribution in [3.8, 4) is 0 Å². The molecular formula is C14H20F2N4. The van der Waals surface area contributed by atoms with Crippen molar-refractivity contribution in [1.29, 1.82) is 0 Å². The molecule has 2 fully saturated rings. The average molecular weight is 282 g/mol. The third kappa shape index (κ3) is 2.32. The van der Waals surface area contributed by atoms with Gasteiger partial charge in [0.2, 0.25) is 0 Å². The maximum Gasteiger partial charge on any atom is 0.168 e. The summed E-state index contributed by atoms with van der Waals surface area (Å²) in [4.78, 5) is 8.32. The van der Waals surface area contributed by atoms with E-state index in [4.69, 9.17) is 5.73 Å². The van der Waals surface area contributed by atoms with Gasteiger partial charge in [-0.05, 0) is 26.3 Å². The molecule has 3 heterocycles. The van der Waals surface area contributed by atoms with E-state index in [9.17, 15) is 8.78 Å². The summed E-state index contributed by atoms with van der Waals surface area (Å²) in [6.07, 6.45) is 3.58. The van der Waals surface area contributed by atoms with Crippen LogP contribution in [-0.2, 0) is 0 Å². The van der Waals surface area contributed by atoms with Gasteiger partial charge < -0.3 is 10.6 Å². The van der Waals surface area contributed by atoms with Crippen LogP contribution < -0.4 is 10.6 Å². The number of halogens is 2. The van der Waals surface area contributed by atoms with Crippen LogP contribution in [-0.4, -0.2) is 41.6 Å². The molecule has 2 aliphatic heterocycles. The maximum atomic E-state index is 14.0. The molecule has 110 valence electrons. The minimum absolute atomic E-state index is 0.149. The molecule has 6 heteroatoms. The van der Waals surface area contributed by atoms with Gasteiger partial charge in [-0.3, -0.25) is 4.90 Å². The van der Waals surface area contributed by atoms with Crippen molar-refractivity contribution in [1.82, 2.24) is 9.88 Å². The van der Waals surface area contributed by atoms with Crippen LogP contribution in [0.3, 0.4) is 0 Å². The molecule has 0 aliphatic carbocycles. The standard InChI is InChI=1S/C14H20F2N4/c1-9-7-19-5-3-2-4-10(19)8-20(9)14-12(16)6-11(15)13(17)18-14/h6,9-10H,2-5,7-8H2,1H3,(H2,17,18). The quantitative estimate of drug-likeness (QED) is 0.856. The number of fused-ring (bicyclic) bond motifs is 1. The number of aromatic nitrogens is 1. The first-order valence-electron chi connectivity index (χ1n) is 7.18. The summed E-state index contributed by atoms with van der Waals surface area (Å²) in [5.41, 5.74) is 5.48. The minimum atomic E-state index is -0.796. The van der Waals surface area contributed by atoms with E-state index in [0.717, 1.165) is 32.1 Å². The monoisotopic (exact) mass is 282 g/mol. The highest BCUT2D eigenvalue weighted by molar-refractivity contribution is 5.48. The summed E-state index contributed by atoms with van der Waals surface area (Å²) in [5.74, 6) is -1.48. The highest BCUT2D eigenvalue weighted by Gasteiger charge is 2.34. The molecule has 0 aromatic carbocycles. The van der Waals surface area contributed by atoms with Gasteiger partial charge in [0.15, 0.2) is 23.3 Å². The van der Waals surface area contributed by atoms with E-state index >= 15 is 0 Å². The number of piperazine rings is 1. The van der Waals surface area contributed by atoms with Crippen LogP contribution in [0.5, 0.6) is 0 Å². The molecule has 2 aliphatic rings. The Morgan fingerprint density at radius 2 is 2.05 bits per heavy atom. The number of nitrogen functional groups attached to an aromatic ring is 1. The summed E-state index contributed by atoms with van der Waals surface area (Å²) in [6.45, 7) is 4.79. The smallest absolute Gasteiger partial charge is 0.168 e. The van der Waals surface area contributed by atoms with Crippen LogP contribution in [0, 0.1) is 11.6 Å².